The maximum absolute atomic E-state index is 13.8. The fourth-order valence-corrected chi connectivity index (χ4v) is 6.59. The number of aryl methyl sites for hydroxylation is 2. The van der Waals surface area contributed by atoms with Crippen molar-refractivity contribution in [2.75, 3.05) is 18.6 Å². The number of carbonyl (C=O) groups excluding carboxylic acids is 1. The van der Waals surface area contributed by atoms with Crippen molar-refractivity contribution in [2.45, 2.75) is 39.3 Å². The van der Waals surface area contributed by atoms with Crippen molar-refractivity contribution in [1.29, 1.82) is 0 Å². The molecule has 0 bridgehead atoms. The average Bonchev–Trinajstić information content (AvgIpc) is 3.42. The Balaban J connectivity index is 1.64. The van der Waals surface area contributed by atoms with E-state index in [4.69, 9.17) is 10.1 Å². The summed E-state index contributed by atoms with van der Waals surface area (Å²) >= 11 is 0. The molecule has 2 aromatic carbocycles. The van der Waals surface area contributed by atoms with Crippen molar-refractivity contribution in [3.8, 4) is 11.3 Å². The van der Waals surface area contributed by atoms with Crippen LogP contribution in [-0.2, 0) is 22.8 Å². The molecule has 0 N–H and O–H groups in total. The van der Waals surface area contributed by atoms with Gasteiger partial charge in [-0.25, -0.2) is 18.1 Å². The number of carbonyl (C=O) groups is 1. The summed E-state index contributed by atoms with van der Waals surface area (Å²) in [7, 11) is -1.32. The van der Waals surface area contributed by atoms with Crippen LogP contribution < -0.4 is 0 Å². The van der Waals surface area contributed by atoms with Crippen molar-refractivity contribution in [1.82, 2.24) is 19.7 Å². The van der Waals surface area contributed by atoms with Crippen molar-refractivity contribution < 1.29 is 13.2 Å². The molecule has 1 fully saturated rings. The SMILES string of the molecule is CCc1ccc(-c2cc(C(=O)N(C)Cc3ccccc3)c3c(C)nn(C4CCS(=O)(=O)C4)c3n2)cc1. The van der Waals surface area contributed by atoms with Crippen molar-refractivity contribution in [3.63, 3.8) is 0 Å². The molecule has 3 heterocycles. The first-order valence-corrected chi connectivity index (χ1v) is 14.1. The van der Waals surface area contributed by atoms with E-state index in [9.17, 15) is 13.2 Å². The largest absolute Gasteiger partial charge is 0.337 e. The summed E-state index contributed by atoms with van der Waals surface area (Å²) in [6, 6.07) is 19.6. The number of aromatic nitrogens is 3. The molecule has 1 aliphatic heterocycles. The molecule has 1 amide bonds. The van der Waals surface area contributed by atoms with E-state index in [1.165, 1.54) is 5.56 Å². The lowest BCUT2D eigenvalue weighted by Gasteiger charge is -2.19. The van der Waals surface area contributed by atoms with E-state index in [-0.39, 0.29) is 23.5 Å². The van der Waals surface area contributed by atoms with Crippen LogP contribution in [0, 0.1) is 6.92 Å². The van der Waals surface area contributed by atoms with Gasteiger partial charge < -0.3 is 4.90 Å². The Morgan fingerprint density at radius 3 is 2.44 bits per heavy atom. The van der Waals surface area contributed by atoms with Crippen LogP contribution in [0.2, 0.25) is 0 Å². The highest BCUT2D eigenvalue weighted by Crippen LogP contribution is 2.32. The molecular weight excluding hydrogens is 472 g/mol. The Hall–Kier alpha value is -3.52. The second-order valence-electron chi connectivity index (χ2n) is 9.54. The molecule has 4 aromatic rings. The van der Waals surface area contributed by atoms with Gasteiger partial charge in [-0.15, -0.1) is 0 Å². The number of nitrogens with zero attached hydrogens (tertiary/aromatic N) is 4. The highest BCUT2D eigenvalue weighted by Gasteiger charge is 2.32. The molecule has 5 rings (SSSR count). The second kappa shape index (κ2) is 9.50. The third-order valence-corrected chi connectivity index (χ3v) is 8.64. The summed E-state index contributed by atoms with van der Waals surface area (Å²) in [5, 5.41) is 5.38. The van der Waals surface area contributed by atoms with Crippen LogP contribution in [-0.4, -0.2) is 52.5 Å². The second-order valence-corrected chi connectivity index (χ2v) is 11.8. The van der Waals surface area contributed by atoms with E-state index >= 15 is 0 Å². The number of rotatable bonds is 6. The number of hydrogen-bond acceptors (Lipinski definition) is 5. The van der Waals surface area contributed by atoms with Crippen LogP contribution in [0.5, 0.6) is 0 Å². The van der Waals surface area contributed by atoms with Crippen LogP contribution in [0.15, 0.2) is 60.7 Å². The van der Waals surface area contributed by atoms with Gasteiger partial charge in [0.1, 0.15) is 0 Å². The lowest BCUT2D eigenvalue weighted by Crippen LogP contribution is -2.26. The Bertz CT molecular complexity index is 1530. The van der Waals surface area contributed by atoms with E-state index in [0.717, 1.165) is 17.5 Å². The fourth-order valence-electron chi connectivity index (χ4n) is 4.90. The van der Waals surface area contributed by atoms with Crippen LogP contribution in [0.4, 0.5) is 0 Å². The zero-order valence-corrected chi connectivity index (χ0v) is 21.6. The smallest absolute Gasteiger partial charge is 0.254 e. The van der Waals surface area contributed by atoms with Gasteiger partial charge >= 0.3 is 0 Å². The molecule has 36 heavy (non-hydrogen) atoms. The number of sulfone groups is 1. The number of benzene rings is 2. The van der Waals surface area contributed by atoms with Gasteiger partial charge in [-0.2, -0.15) is 5.10 Å². The predicted molar refractivity (Wildman–Crippen MR) is 142 cm³/mol. The topological polar surface area (TPSA) is 85.2 Å². The summed E-state index contributed by atoms with van der Waals surface area (Å²) in [6.07, 6.45) is 1.43. The summed E-state index contributed by atoms with van der Waals surface area (Å²) in [6.45, 7) is 4.43. The van der Waals surface area contributed by atoms with Gasteiger partial charge in [0.15, 0.2) is 15.5 Å². The Morgan fingerprint density at radius 1 is 1.08 bits per heavy atom. The fraction of sp³-hybridized carbons (Fsp3) is 0.321. The number of fused-ring (bicyclic) bond motifs is 1. The standard InChI is InChI=1S/C28H30N4O3S/c1-4-20-10-12-22(13-11-20)25-16-24(28(33)31(3)17-21-8-6-5-7-9-21)26-19(2)30-32(27(26)29-25)23-14-15-36(34,35)18-23/h5-13,16,23H,4,14-15,17-18H2,1-3H3. The number of hydrogen-bond donors (Lipinski definition) is 0. The van der Waals surface area contributed by atoms with Crippen molar-refractivity contribution in [3.05, 3.63) is 83.0 Å². The highest BCUT2D eigenvalue weighted by molar-refractivity contribution is 7.91. The molecule has 2 aromatic heterocycles. The molecule has 8 heteroatoms. The zero-order chi connectivity index (χ0) is 25.4. The summed E-state index contributed by atoms with van der Waals surface area (Å²) in [5.74, 6) is 0.0543. The first kappa shape index (κ1) is 24.2. The Kier molecular flexibility index (Phi) is 6.38. The monoisotopic (exact) mass is 502 g/mol. The van der Waals surface area contributed by atoms with Crippen LogP contribution in [0.3, 0.4) is 0 Å². The van der Waals surface area contributed by atoms with Gasteiger partial charge in [0, 0.05) is 19.2 Å². The van der Waals surface area contributed by atoms with Gasteiger partial charge in [0.25, 0.3) is 5.91 Å². The minimum atomic E-state index is -3.11. The normalized spacial score (nSPS) is 16.9. The van der Waals surface area contributed by atoms with Gasteiger partial charge in [0.2, 0.25) is 0 Å². The lowest BCUT2D eigenvalue weighted by molar-refractivity contribution is 0.0787. The van der Waals surface area contributed by atoms with Crippen LogP contribution in [0.25, 0.3) is 22.3 Å². The molecule has 1 saturated heterocycles. The Morgan fingerprint density at radius 2 is 1.81 bits per heavy atom. The zero-order valence-electron chi connectivity index (χ0n) is 20.8. The maximum atomic E-state index is 13.8. The number of pyridine rings is 1. The van der Waals surface area contributed by atoms with Crippen LogP contribution in [0.1, 0.15) is 46.6 Å². The molecule has 0 radical (unpaired) electrons. The minimum Gasteiger partial charge on any atom is -0.337 e. The lowest BCUT2D eigenvalue weighted by atomic mass is 10.0. The van der Waals surface area contributed by atoms with Crippen molar-refractivity contribution in [2.24, 2.45) is 0 Å². The van der Waals surface area contributed by atoms with E-state index in [0.29, 0.717) is 41.0 Å². The third kappa shape index (κ3) is 4.65. The highest BCUT2D eigenvalue weighted by atomic mass is 32.2. The summed E-state index contributed by atoms with van der Waals surface area (Å²) in [4.78, 5) is 20.4. The van der Waals surface area contributed by atoms with E-state index in [1.807, 2.05) is 55.5 Å². The molecule has 7 nitrogen and oxygen atoms in total. The average molecular weight is 503 g/mol. The van der Waals surface area contributed by atoms with Gasteiger partial charge in [-0.3, -0.25) is 4.79 Å². The molecule has 186 valence electrons. The number of amides is 1. The van der Waals surface area contributed by atoms with Crippen molar-refractivity contribution >= 4 is 26.8 Å². The maximum Gasteiger partial charge on any atom is 0.254 e. The molecule has 1 unspecified atom stereocenters. The van der Waals surface area contributed by atoms with E-state index in [1.54, 1.807) is 16.6 Å². The van der Waals surface area contributed by atoms with E-state index < -0.39 is 9.84 Å². The first-order chi connectivity index (χ1) is 17.3. The van der Waals surface area contributed by atoms with Gasteiger partial charge in [0.05, 0.1) is 39.9 Å². The van der Waals surface area contributed by atoms with Gasteiger partial charge in [-0.05, 0) is 37.0 Å². The molecule has 0 saturated carbocycles. The molecular formula is C28H30N4O3S. The van der Waals surface area contributed by atoms with Crippen LogP contribution >= 0.6 is 0 Å². The molecule has 0 spiro atoms. The third-order valence-electron chi connectivity index (χ3n) is 6.89. The Labute approximate surface area is 211 Å². The predicted octanol–water partition coefficient (Wildman–Crippen LogP) is 4.60. The minimum absolute atomic E-state index is 0.0392. The van der Waals surface area contributed by atoms with Gasteiger partial charge in [-0.1, -0.05) is 61.5 Å². The van der Waals surface area contributed by atoms with E-state index in [2.05, 4.69) is 19.1 Å². The first-order valence-electron chi connectivity index (χ1n) is 12.2. The molecule has 1 aliphatic rings. The summed E-state index contributed by atoms with van der Waals surface area (Å²) < 4.78 is 26.2. The quantitative estimate of drug-likeness (QED) is 0.385. The summed E-state index contributed by atoms with van der Waals surface area (Å²) in [5.41, 5.74) is 5.59. The molecule has 1 atom stereocenters. The molecule has 0 aliphatic carbocycles.